The van der Waals surface area contributed by atoms with Crippen LogP contribution in [-0.4, -0.2) is 36.3 Å². The molecule has 14 heteroatoms. The zero-order chi connectivity index (χ0) is 18.4. The highest BCUT2D eigenvalue weighted by Crippen LogP contribution is 2.27. The van der Waals surface area contributed by atoms with E-state index < -0.39 is 60.5 Å². The zero-order valence-electron chi connectivity index (χ0n) is 11.5. The van der Waals surface area contributed by atoms with Crippen molar-refractivity contribution in [3.63, 3.8) is 0 Å². The summed E-state index contributed by atoms with van der Waals surface area (Å²) < 4.78 is 87.9. The van der Waals surface area contributed by atoms with Gasteiger partial charge in [-0.1, -0.05) is 0 Å². The van der Waals surface area contributed by atoms with Gasteiger partial charge in [0.1, 0.15) is 5.56 Å². The number of carbonyl (C=O) groups excluding carboxylic acids is 1. The van der Waals surface area contributed by atoms with Crippen LogP contribution in [0.3, 0.4) is 0 Å². The lowest BCUT2D eigenvalue weighted by Crippen LogP contribution is -2.40. The number of thioether (sulfide) groups is 1. The van der Waals surface area contributed by atoms with E-state index in [4.69, 9.17) is 5.14 Å². The van der Waals surface area contributed by atoms with Crippen LogP contribution in [0.15, 0.2) is 5.10 Å². The summed E-state index contributed by atoms with van der Waals surface area (Å²) >= 11 is 0.397. The predicted molar refractivity (Wildman–Crippen MR) is 73.4 cm³/mol. The van der Waals surface area contributed by atoms with Crippen LogP contribution in [-0.2, 0) is 10.0 Å². The molecule has 0 aromatic heterocycles. The largest absolute Gasteiger partial charge is 0.321 e. The van der Waals surface area contributed by atoms with Gasteiger partial charge in [-0.05, 0) is 11.8 Å². The number of sulfonamides is 1. The van der Waals surface area contributed by atoms with Crippen LogP contribution in [0.25, 0.3) is 0 Å². The Kier molecular flexibility index (Phi) is 4.74. The predicted octanol–water partition coefficient (Wildman–Crippen LogP) is 0.634. The molecule has 0 radical (unpaired) electrons. The zero-order valence-corrected chi connectivity index (χ0v) is 13.1. The first kappa shape index (κ1) is 18.4. The average molecular weight is 390 g/mol. The van der Waals surface area contributed by atoms with Crippen LogP contribution in [0, 0.1) is 29.1 Å². The fraction of sp³-hybridized carbons (Fsp3) is 0.200. The maximum absolute atomic E-state index is 13.5. The van der Waals surface area contributed by atoms with Gasteiger partial charge in [0.05, 0.1) is 0 Å². The van der Waals surface area contributed by atoms with Crippen LogP contribution in [0.1, 0.15) is 10.4 Å². The summed E-state index contributed by atoms with van der Waals surface area (Å²) in [6.45, 7) is 0. The summed E-state index contributed by atoms with van der Waals surface area (Å²) in [6.07, 6.45) is 0. The highest BCUT2D eigenvalue weighted by Gasteiger charge is 2.35. The fourth-order valence-electron chi connectivity index (χ4n) is 1.61. The first-order valence-corrected chi connectivity index (χ1v) is 8.21. The van der Waals surface area contributed by atoms with Crippen LogP contribution in [0.2, 0.25) is 0 Å². The second kappa shape index (κ2) is 6.18. The molecule has 1 amide bonds. The number of hydrogen-bond donors (Lipinski definition) is 2. The molecule has 1 aromatic carbocycles. The highest BCUT2D eigenvalue weighted by atomic mass is 32.3. The number of primary sulfonamides is 1. The molecule has 3 N–H and O–H groups in total. The quantitative estimate of drug-likeness (QED) is 0.438. The number of nitrogens with zero attached hydrogens (tertiary/aromatic N) is 2. The molecule has 1 aliphatic heterocycles. The van der Waals surface area contributed by atoms with Gasteiger partial charge >= 0.3 is 0 Å². The lowest BCUT2D eigenvalue weighted by Gasteiger charge is -2.19. The molecule has 7 nitrogen and oxygen atoms in total. The van der Waals surface area contributed by atoms with Crippen molar-refractivity contribution < 1.29 is 35.2 Å². The van der Waals surface area contributed by atoms with Gasteiger partial charge in [-0.15, -0.1) is 0 Å². The molecule has 0 bridgehead atoms. The summed E-state index contributed by atoms with van der Waals surface area (Å²) in [6, 6.07) is 0. The second-order valence-electron chi connectivity index (χ2n) is 4.37. The van der Waals surface area contributed by atoms with Gasteiger partial charge in [-0.3, -0.25) is 9.80 Å². The molecule has 0 aliphatic carbocycles. The Morgan fingerprint density at radius 3 is 2.00 bits per heavy atom. The minimum atomic E-state index is -4.20. The normalized spacial score (nSPS) is 17.9. The summed E-state index contributed by atoms with van der Waals surface area (Å²) in [5.41, 5.74) is -3.00. The molecule has 132 valence electrons. The van der Waals surface area contributed by atoms with Crippen LogP contribution in [0.4, 0.5) is 22.0 Å². The van der Waals surface area contributed by atoms with Crippen molar-refractivity contribution in [2.75, 3.05) is 7.05 Å². The van der Waals surface area contributed by atoms with Crippen LogP contribution in [0.5, 0.6) is 0 Å². The third-order valence-corrected chi connectivity index (χ3v) is 5.21. The number of nitrogens with two attached hydrogens (primary N) is 1. The number of rotatable bonds is 2. The molecule has 2 rings (SSSR count). The van der Waals surface area contributed by atoms with Gasteiger partial charge in [0.25, 0.3) is 15.9 Å². The topological polar surface area (TPSA) is 105 Å². The summed E-state index contributed by atoms with van der Waals surface area (Å²) in [7, 11) is -3.01. The van der Waals surface area contributed by atoms with Crippen molar-refractivity contribution in [3.8, 4) is 0 Å². The minimum Gasteiger partial charge on any atom is -0.321 e. The van der Waals surface area contributed by atoms with Crippen LogP contribution < -0.4 is 10.5 Å². The van der Waals surface area contributed by atoms with Gasteiger partial charge < -0.3 is 5.32 Å². The Morgan fingerprint density at radius 1 is 1.12 bits per heavy atom. The van der Waals surface area contributed by atoms with Crippen molar-refractivity contribution >= 4 is 32.1 Å². The molecular formula is C10H7F5N4O3S2. The average Bonchev–Trinajstić information content (AvgIpc) is 2.84. The molecule has 0 fully saturated rings. The molecule has 1 atom stereocenters. The monoisotopic (exact) mass is 390 g/mol. The van der Waals surface area contributed by atoms with E-state index >= 15 is 0 Å². The number of halogens is 5. The SMILES string of the molecule is CN1N=C(S(N)(=O)=O)SC1NC(=O)c1c(F)c(F)c(F)c(F)c1F. The Morgan fingerprint density at radius 2 is 1.58 bits per heavy atom. The number of hydrogen-bond acceptors (Lipinski definition) is 6. The van der Waals surface area contributed by atoms with Crippen LogP contribution >= 0.6 is 11.8 Å². The van der Waals surface area contributed by atoms with E-state index in [1.807, 2.05) is 5.32 Å². The van der Waals surface area contributed by atoms with Gasteiger partial charge in [-0.2, -0.15) is 5.10 Å². The Hall–Kier alpha value is -1.93. The lowest BCUT2D eigenvalue weighted by molar-refractivity contribution is 0.0909. The Labute approximate surface area is 135 Å². The minimum absolute atomic E-state index is 0.397. The third-order valence-electron chi connectivity index (χ3n) is 2.73. The van der Waals surface area contributed by atoms with E-state index in [0.29, 0.717) is 11.8 Å². The van der Waals surface area contributed by atoms with Gasteiger partial charge in [0, 0.05) is 7.05 Å². The van der Waals surface area contributed by atoms with Crippen molar-refractivity contribution in [2.45, 2.75) is 5.50 Å². The van der Waals surface area contributed by atoms with Gasteiger partial charge in [-0.25, -0.2) is 35.5 Å². The Bertz CT molecular complexity index is 832. The molecule has 0 saturated heterocycles. The molecular weight excluding hydrogens is 383 g/mol. The van der Waals surface area contributed by atoms with Gasteiger partial charge in [0.15, 0.2) is 28.8 Å². The first-order chi connectivity index (χ1) is 10.9. The number of carbonyl (C=O) groups is 1. The van der Waals surface area contributed by atoms with E-state index in [9.17, 15) is 35.2 Å². The smallest absolute Gasteiger partial charge is 0.263 e. The Balaban J connectivity index is 2.30. The number of benzene rings is 1. The van der Waals surface area contributed by atoms with E-state index in [0.717, 1.165) is 5.01 Å². The highest BCUT2D eigenvalue weighted by molar-refractivity contribution is 8.35. The second-order valence-corrected chi connectivity index (χ2v) is 7.18. The molecule has 1 aliphatic rings. The van der Waals surface area contributed by atoms with Crippen molar-refractivity contribution in [3.05, 3.63) is 34.6 Å². The summed E-state index contributed by atoms with van der Waals surface area (Å²) in [5.74, 6) is -13.3. The van der Waals surface area contributed by atoms with Crippen molar-refractivity contribution in [1.82, 2.24) is 10.3 Å². The maximum Gasteiger partial charge on any atom is 0.263 e. The summed E-state index contributed by atoms with van der Waals surface area (Å²) in [5, 5.41) is 11.1. The third kappa shape index (κ3) is 3.16. The molecule has 0 spiro atoms. The van der Waals surface area contributed by atoms with E-state index in [2.05, 4.69) is 5.10 Å². The van der Waals surface area contributed by atoms with E-state index in [1.54, 1.807) is 0 Å². The number of amides is 1. The lowest BCUT2D eigenvalue weighted by atomic mass is 10.1. The molecule has 1 unspecified atom stereocenters. The molecule has 0 saturated carbocycles. The number of nitrogens with one attached hydrogen (secondary N) is 1. The molecule has 24 heavy (non-hydrogen) atoms. The maximum atomic E-state index is 13.5. The number of hydrazone groups is 1. The first-order valence-electron chi connectivity index (χ1n) is 5.78. The van der Waals surface area contributed by atoms with E-state index in [-0.39, 0.29) is 0 Å². The van der Waals surface area contributed by atoms with E-state index in [1.165, 1.54) is 7.05 Å². The van der Waals surface area contributed by atoms with Crippen molar-refractivity contribution in [1.29, 1.82) is 0 Å². The standard InChI is InChI=1S/C10H7F5N4O3S2/c1-19-9(23-10(18-19)24(16,21)22)17-8(20)2-3(11)5(13)7(15)6(14)4(2)12/h9H,1H3,(H,17,20)(H2,16,21,22). The summed E-state index contributed by atoms with van der Waals surface area (Å²) in [4.78, 5) is 11.8. The fourth-order valence-corrected chi connectivity index (χ4v) is 3.40. The van der Waals surface area contributed by atoms with Gasteiger partial charge in [0.2, 0.25) is 10.2 Å². The molecule has 1 aromatic rings. The molecule has 1 heterocycles. The van der Waals surface area contributed by atoms with Crippen molar-refractivity contribution in [2.24, 2.45) is 10.2 Å².